The number of ether oxygens (including phenoxy) is 4. The summed E-state index contributed by atoms with van der Waals surface area (Å²) in [6.07, 6.45) is 1.73. The van der Waals surface area contributed by atoms with Gasteiger partial charge in [0.1, 0.15) is 5.75 Å². The third-order valence-electron chi connectivity index (χ3n) is 3.66. The SMILES string of the molecule is COc1ccc(/C=C(\C#N)c2cc(OC)c(OC)c(OC)c2)cc1N. The molecule has 6 nitrogen and oxygen atoms in total. The summed E-state index contributed by atoms with van der Waals surface area (Å²) < 4.78 is 21.1. The van der Waals surface area contributed by atoms with Crippen LogP contribution in [-0.2, 0) is 0 Å². The molecule has 0 heterocycles. The molecule has 0 aliphatic rings. The topological polar surface area (TPSA) is 86.7 Å². The van der Waals surface area contributed by atoms with Gasteiger partial charge in [0.2, 0.25) is 5.75 Å². The first-order valence-corrected chi connectivity index (χ1v) is 7.43. The normalized spacial score (nSPS) is 10.8. The zero-order valence-electron chi connectivity index (χ0n) is 14.6. The molecule has 25 heavy (non-hydrogen) atoms. The second-order valence-electron chi connectivity index (χ2n) is 5.09. The Labute approximate surface area is 147 Å². The van der Waals surface area contributed by atoms with E-state index in [0.717, 1.165) is 5.56 Å². The number of rotatable bonds is 6. The molecule has 2 N–H and O–H groups in total. The van der Waals surface area contributed by atoms with Crippen LogP contribution in [0.4, 0.5) is 5.69 Å². The number of hydrogen-bond acceptors (Lipinski definition) is 6. The first-order valence-electron chi connectivity index (χ1n) is 7.43. The number of nitrogens with zero attached hydrogens (tertiary/aromatic N) is 1. The maximum absolute atomic E-state index is 9.58. The molecule has 0 aliphatic carbocycles. The van der Waals surface area contributed by atoms with E-state index in [0.29, 0.717) is 39.8 Å². The largest absolute Gasteiger partial charge is 0.495 e. The number of nitriles is 1. The highest BCUT2D eigenvalue weighted by atomic mass is 16.5. The maximum Gasteiger partial charge on any atom is 0.203 e. The molecule has 6 heteroatoms. The van der Waals surface area contributed by atoms with E-state index in [4.69, 9.17) is 24.7 Å². The molecule has 2 aromatic rings. The molecular weight excluding hydrogens is 320 g/mol. The van der Waals surface area contributed by atoms with Crippen LogP contribution in [0.2, 0.25) is 0 Å². The van der Waals surface area contributed by atoms with Crippen LogP contribution >= 0.6 is 0 Å². The van der Waals surface area contributed by atoms with Crippen molar-refractivity contribution in [2.45, 2.75) is 0 Å². The molecule has 0 unspecified atom stereocenters. The van der Waals surface area contributed by atoms with Gasteiger partial charge in [0.25, 0.3) is 0 Å². The molecule has 0 aliphatic heterocycles. The van der Waals surface area contributed by atoms with Crippen molar-refractivity contribution in [3.05, 3.63) is 41.5 Å². The Kier molecular flexibility index (Phi) is 5.75. The Morgan fingerprint density at radius 3 is 1.96 bits per heavy atom. The smallest absolute Gasteiger partial charge is 0.203 e. The molecule has 0 spiro atoms. The highest BCUT2D eigenvalue weighted by Gasteiger charge is 2.15. The molecule has 0 amide bonds. The van der Waals surface area contributed by atoms with Crippen molar-refractivity contribution in [2.24, 2.45) is 0 Å². The highest BCUT2D eigenvalue weighted by molar-refractivity contribution is 5.91. The van der Waals surface area contributed by atoms with E-state index in [2.05, 4.69) is 6.07 Å². The fourth-order valence-electron chi connectivity index (χ4n) is 2.43. The van der Waals surface area contributed by atoms with Crippen LogP contribution in [-0.4, -0.2) is 28.4 Å². The number of benzene rings is 2. The predicted octanol–water partition coefficient (Wildman–Crippen LogP) is 3.37. The van der Waals surface area contributed by atoms with Crippen molar-refractivity contribution in [3.63, 3.8) is 0 Å². The van der Waals surface area contributed by atoms with Crippen LogP contribution in [0.3, 0.4) is 0 Å². The van der Waals surface area contributed by atoms with Crippen LogP contribution in [0.1, 0.15) is 11.1 Å². The summed E-state index contributed by atoms with van der Waals surface area (Å²) in [5.74, 6) is 2.02. The molecule has 0 atom stereocenters. The van der Waals surface area contributed by atoms with Gasteiger partial charge in [-0.1, -0.05) is 6.07 Å². The molecule has 0 saturated carbocycles. The number of nitrogens with two attached hydrogens (primary N) is 1. The second-order valence-corrected chi connectivity index (χ2v) is 5.09. The Morgan fingerprint density at radius 2 is 1.52 bits per heavy atom. The third kappa shape index (κ3) is 3.78. The van der Waals surface area contributed by atoms with E-state index in [1.807, 2.05) is 6.07 Å². The average Bonchev–Trinajstić information content (AvgIpc) is 2.64. The zero-order chi connectivity index (χ0) is 18.4. The summed E-state index contributed by atoms with van der Waals surface area (Å²) in [5.41, 5.74) is 8.28. The quantitative estimate of drug-likeness (QED) is 0.493. The standard InChI is InChI=1S/C19H20N2O4/c1-22-16-6-5-12(8-15(16)21)7-14(11-20)13-9-17(23-2)19(25-4)18(10-13)24-3/h5-10H,21H2,1-4H3/b14-7+. The van der Waals surface area contributed by atoms with Gasteiger partial charge in [-0.2, -0.15) is 5.26 Å². The van der Waals surface area contributed by atoms with E-state index < -0.39 is 0 Å². The van der Waals surface area contributed by atoms with Crippen molar-refractivity contribution in [2.75, 3.05) is 34.2 Å². The zero-order valence-corrected chi connectivity index (χ0v) is 14.6. The van der Waals surface area contributed by atoms with Crippen LogP contribution < -0.4 is 24.7 Å². The fraction of sp³-hybridized carbons (Fsp3) is 0.211. The van der Waals surface area contributed by atoms with Crippen molar-refractivity contribution in [1.29, 1.82) is 5.26 Å². The molecule has 0 aromatic heterocycles. The molecular formula is C19H20N2O4. The van der Waals surface area contributed by atoms with Gasteiger partial charge in [0.05, 0.1) is 45.8 Å². The van der Waals surface area contributed by atoms with Crippen molar-refractivity contribution in [3.8, 4) is 29.1 Å². The lowest BCUT2D eigenvalue weighted by molar-refractivity contribution is 0.324. The summed E-state index contributed by atoms with van der Waals surface area (Å²) in [4.78, 5) is 0. The van der Waals surface area contributed by atoms with E-state index in [1.54, 1.807) is 37.5 Å². The van der Waals surface area contributed by atoms with E-state index in [1.165, 1.54) is 21.3 Å². The number of anilines is 1. The van der Waals surface area contributed by atoms with Crippen molar-refractivity contribution in [1.82, 2.24) is 0 Å². The monoisotopic (exact) mass is 340 g/mol. The lowest BCUT2D eigenvalue weighted by Gasteiger charge is -2.14. The van der Waals surface area contributed by atoms with Gasteiger partial charge >= 0.3 is 0 Å². The fourth-order valence-corrected chi connectivity index (χ4v) is 2.43. The summed E-state index contributed by atoms with van der Waals surface area (Å²) in [7, 11) is 6.14. The Morgan fingerprint density at radius 1 is 0.920 bits per heavy atom. The summed E-state index contributed by atoms with van der Waals surface area (Å²) >= 11 is 0. The summed E-state index contributed by atoms with van der Waals surface area (Å²) in [6, 6.07) is 11.0. The van der Waals surface area contributed by atoms with E-state index in [-0.39, 0.29) is 0 Å². The lowest BCUT2D eigenvalue weighted by Crippen LogP contribution is -1.97. The minimum absolute atomic E-state index is 0.434. The number of nitrogen functional groups attached to an aromatic ring is 1. The number of hydrogen-bond donors (Lipinski definition) is 1. The Balaban J connectivity index is 2.54. The molecule has 0 radical (unpaired) electrons. The Hall–Kier alpha value is -3.33. The molecule has 0 saturated heterocycles. The van der Waals surface area contributed by atoms with E-state index in [9.17, 15) is 5.26 Å². The van der Waals surface area contributed by atoms with Crippen LogP contribution in [0.15, 0.2) is 30.3 Å². The highest BCUT2D eigenvalue weighted by Crippen LogP contribution is 2.40. The molecule has 0 bridgehead atoms. The molecule has 130 valence electrons. The van der Waals surface area contributed by atoms with Gasteiger partial charge in [0.15, 0.2) is 11.5 Å². The average molecular weight is 340 g/mol. The lowest BCUT2D eigenvalue weighted by atomic mass is 10.0. The van der Waals surface area contributed by atoms with Crippen LogP contribution in [0, 0.1) is 11.3 Å². The number of methoxy groups -OCH3 is 4. The summed E-state index contributed by atoms with van der Waals surface area (Å²) in [5, 5.41) is 9.58. The van der Waals surface area contributed by atoms with Gasteiger partial charge in [0, 0.05) is 0 Å². The molecule has 0 fully saturated rings. The molecule has 2 aromatic carbocycles. The minimum Gasteiger partial charge on any atom is -0.495 e. The van der Waals surface area contributed by atoms with Gasteiger partial charge in [-0.3, -0.25) is 0 Å². The predicted molar refractivity (Wildman–Crippen MR) is 97.0 cm³/mol. The van der Waals surface area contributed by atoms with Gasteiger partial charge in [-0.05, 0) is 41.5 Å². The summed E-state index contributed by atoms with van der Waals surface area (Å²) in [6.45, 7) is 0. The van der Waals surface area contributed by atoms with E-state index >= 15 is 0 Å². The van der Waals surface area contributed by atoms with Crippen molar-refractivity contribution >= 4 is 17.3 Å². The Bertz CT molecular complexity index is 813. The van der Waals surface area contributed by atoms with Gasteiger partial charge in [-0.25, -0.2) is 0 Å². The molecule has 2 rings (SSSR count). The van der Waals surface area contributed by atoms with Gasteiger partial charge in [-0.15, -0.1) is 0 Å². The minimum atomic E-state index is 0.434. The third-order valence-corrected chi connectivity index (χ3v) is 3.66. The second kappa shape index (κ2) is 7.97. The van der Waals surface area contributed by atoms with Crippen LogP contribution in [0.25, 0.3) is 11.6 Å². The van der Waals surface area contributed by atoms with Crippen molar-refractivity contribution < 1.29 is 18.9 Å². The van der Waals surface area contributed by atoms with Crippen LogP contribution in [0.5, 0.6) is 23.0 Å². The first-order chi connectivity index (χ1) is 12.1. The first kappa shape index (κ1) is 18.0. The van der Waals surface area contributed by atoms with Gasteiger partial charge < -0.3 is 24.7 Å². The number of allylic oxidation sites excluding steroid dienone is 1. The maximum atomic E-state index is 9.58.